The second-order valence-corrected chi connectivity index (χ2v) is 20.8. The maximum atomic E-state index is 13.3. The summed E-state index contributed by atoms with van der Waals surface area (Å²) in [6, 6.07) is 11.7. The van der Waals surface area contributed by atoms with Gasteiger partial charge >= 0.3 is 0 Å². The number of nitriles is 1. The lowest BCUT2D eigenvalue weighted by molar-refractivity contribution is -0.274. The van der Waals surface area contributed by atoms with E-state index in [-0.39, 0.29) is 35.3 Å². The highest BCUT2D eigenvalue weighted by Gasteiger charge is 2.66. The molecule has 1 aromatic carbocycles. The Morgan fingerprint density at radius 2 is 1.71 bits per heavy atom. The molecule has 3 rings (SSSR count). The van der Waals surface area contributed by atoms with E-state index in [2.05, 4.69) is 39.9 Å². The molecule has 184 valence electrons. The summed E-state index contributed by atoms with van der Waals surface area (Å²) in [7, 11) is -4.62. The predicted octanol–water partition coefficient (Wildman–Crippen LogP) is 4.73. The van der Waals surface area contributed by atoms with Gasteiger partial charge in [0.15, 0.2) is 22.4 Å². The highest BCUT2D eigenvalue weighted by Crippen LogP contribution is 2.49. The second-order valence-electron chi connectivity index (χ2n) is 11.6. The van der Waals surface area contributed by atoms with E-state index >= 15 is 0 Å². The smallest absolute Gasteiger partial charge is 0.250 e. The van der Waals surface area contributed by atoms with Gasteiger partial charge in [0.1, 0.15) is 24.4 Å². The molecule has 1 aliphatic heterocycles. The van der Waals surface area contributed by atoms with E-state index < -0.39 is 34.4 Å². The first-order valence-corrected chi connectivity index (χ1v) is 18.0. The number of carbonyl (C=O) groups is 2. The van der Waals surface area contributed by atoms with Gasteiger partial charge in [-0.05, 0) is 43.3 Å². The number of carbonyl (C=O) groups excluding carboxylic acids is 2. The Balaban J connectivity index is 2.06. The molecule has 0 aromatic heterocycles. The molecule has 34 heavy (non-hydrogen) atoms. The molecule has 2 aliphatic rings. The molecule has 3 atom stereocenters. The molecule has 0 N–H and O–H groups in total. The van der Waals surface area contributed by atoms with Crippen LogP contribution in [0, 0.1) is 11.3 Å². The topological polar surface area (TPSA) is 88.9 Å². The number of rotatable bonds is 7. The third-order valence-corrected chi connectivity index (χ3v) is 12.2. The molecule has 7 nitrogen and oxygen atoms in total. The molecule has 9 heteroatoms. The van der Waals surface area contributed by atoms with Gasteiger partial charge in [-0.3, -0.25) is 14.4 Å². The quantitative estimate of drug-likeness (QED) is 0.397. The molecular weight excluding hydrogens is 464 g/mol. The van der Waals surface area contributed by atoms with Crippen molar-refractivity contribution in [2.24, 2.45) is 0 Å². The first-order chi connectivity index (χ1) is 15.6. The number of benzene rings is 1. The zero-order valence-electron chi connectivity index (χ0n) is 21.5. The van der Waals surface area contributed by atoms with Crippen LogP contribution in [0.15, 0.2) is 42.0 Å². The Labute approximate surface area is 204 Å². The summed E-state index contributed by atoms with van der Waals surface area (Å²) >= 11 is 0. The van der Waals surface area contributed by atoms with Gasteiger partial charge in [0.2, 0.25) is 5.91 Å². The molecule has 1 amide bonds. The van der Waals surface area contributed by atoms with Crippen LogP contribution in [0.5, 0.6) is 0 Å². The normalized spacial score (nSPS) is 25.7. The summed E-state index contributed by atoms with van der Waals surface area (Å²) in [4.78, 5) is 32.2. The van der Waals surface area contributed by atoms with Crippen molar-refractivity contribution in [3.8, 4) is 6.07 Å². The molecule has 1 aliphatic carbocycles. The van der Waals surface area contributed by atoms with Gasteiger partial charge in [0.05, 0.1) is 18.1 Å². The van der Waals surface area contributed by atoms with Crippen molar-refractivity contribution in [2.45, 2.75) is 89.3 Å². The molecule has 0 radical (unpaired) electrons. The van der Waals surface area contributed by atoms with Crippen molar-refractivity contribution in [2.75, 3.05) is 0 Å². The van der Waals surface area contributed by atoms with Crippen LogP contribution in [0.2, 0.25) is 37.8 Å². The molecular formula is C25H36N2O5Si2. The van der Waals surface area contributed by atoms with Crippen LogP contribution in [0.1, 0.15) is 32.8 Å². The summed E-state index contributed by atoms with van der Waals surface area (Å²) in [6.07, 6.45) is -0.386. The minimum Gasteiger partial charge on any atom is -0.409 e. The Bertz CT molecular complexity index is 1020. The second kappa shape index (κ2) is 9.17. The van der Waals surface area contributed by atoms with E-state index in [1.165, 1.54) is 11.1 Å². The fourth-order valence-electron chi connectivity index (χ4n) is 4.01. The maximum absolute atomic E-state index is 13.3. The lowest BCUT2D eigenvalue weighted by Gasteiger charge is -2.58. The summed E-state index contributed by atoms with van der Waals surface area (Å²) in [6.45, 7) is 16.7. The number of amides is 1. The van der Waals surface area contributed by atoms with Gasteiger partial charge in [-0.2, -0.15) is 5.26 Å². The third-order valence-electron chi connectivity index (χ3n) is 6.82. The summed E-state index contributed by atoms with van der Waals surface area (Å²) in [5, 5.41) is 11.1. The van der Waals surface area contributed by atoms with Crippen molar-refractivity contribution >= 4 is 28.3 Å². The van der Waals surface area contributed by atoms with Crippen molar-refractivity contribution < 1.29 is 23.3 Å². The van der Waals surface area contributed by atoms with Gasteiger partial charge in [0, 0.05) is 6.08 Å². The lowest BCUT2D eigenvalue weighted by Crippen LogP contribution is -2.76. The molecule has 0 saturated carbocycles. The predicted molar refractivity (Wildman–Crippen MR) is 134 cm³/mol. The largest absolute Gasteiger partial charge is 0.409 e. The zero-order valence-corrected chi connectivity index (χ0v) is 23.5. The first-order valence-electron chi connectivity index (χ1n) is 11.6. The Hall–Kier alpha value is -2.10. The molecule has 0 bridgehead atoms. The van der Waals surface area contributed by atoms with Crippen LogP contribution < -0.4 is 0 Å². The van der Waals surface area contributed by atoms with Crippen LogP contribution in [0.3, 0.4) is 0 Å². The number of hydrogen-bond acceptors (Lipinski definition) is 6. The van der Waals surface area contributed by atoms with Crippen LogP contribution in [-0.2, 0) is 29.9 Å². The average molecular weight is 501 g/mol. The average Bonchev–Trinajstić information content (AvgIpc) is 2.71. The third kappa shape index (κ3) is 4.97. The number of ketones is 1. The summed E-state index contributed by atoms with van der Waals surface area (Å²) in [5.74, 6) is -0.542. The van der Waals surface area contributed by atoms with Gasteiger partial charge < -0.3 is 8.85 Å². The SMILES string of the molecule is CC(C)(C)[Si](C)(C)OC1C(=O)C=C(C#N)C2(CC(=O)N2OCc2ccccc2)C1O[Si](C)(C)C. The van der Waals surface area contributed by atoms with E-state index in [1.807, 2.05) is 50.0 Å². The van der Waals surface area contributed by atoms with Gasteiger partial charge in [-0.25, -0.2) is 5.06 Å². The van der Waals surface area contributed by atoms with Gasteiger partial charge in [0.25, 0.3) is 0 Å². The fourth-order valence-corrected chi connectivity index (χ4v) is 6.32. The van der Waals surface area contributed by atoms with E-state index in [0.717, 1.165) is 5.56 Å². The maximum Gasteiger partial charge on any atom is 0.250 e. The number of nitrogens with zero attached hydrogens (tertiary/aromatic N) is 2. The van der Waals surface area contributed by atoms with Crippen LogP contribution >= 0.6 is 0 Å². The first kappa shape index (κ1) is 26.5. The Morgan fingerprint density at radius 1 is 1.09 bits per heavy atom. The Kier molecular flexibility index (Phi) is 7.15. The molecule has 1 aromatic rings. The minimum atomic E-state index is -2.39. The van der Waals surface area contributed by atoms with E-state index in [0.29, 0.717) is 0 Å². The summed E-state index contributed by atoms with van der Waals surface area (Å²) in [5.41, 5.74) is -0.117. The van der Waals surface area contributed by atoms with Crippen molar-refractivity contribution in [1.82, 2.24) is 5.06 Å². The zero-order chi connectivity index (χ0) is 25.5. The highest BCUT2D eigenvalue weighted by molar-refractivity contribution is 6.74. The van der Waals surface area contributed by atoms with Crippen molar-refractivity contribution in [1.29, 1.82) is 5.26 Å². The van der Waals surface area contributed by atoms with E-state index in [4.69, 9.17) is 13.7 Å². The van der Waals surface area contributed by atoms with Crippen LogP contribution in [-0.4, -0.2) is 51.1 Å². The lowest BCUT2D eigenvalue weighted by atomic mass is 9.69. The fraction of sp³-hybridized carbons (Fsp3) is 0.560. The van der Waals surface area contributed by atoms with E-state index in [9.17, 15) is 14.9 Å². The minimum absolute atomic E-state index is 0.0287. The van der Waals surface area contributed by atoms with Gasteiger partial charge in [-0.15, -0.1) is 0 Å². The monoisotopic (exact) mass is 500 g/mol. The number of hydrogen-bond donors (Lipinski definition) is 0. The van der Waals surface area contributed by atoms with Crippen molar-refractivity contribution in [3.63, 3.8) is 0 Å². The molecule has 1 spiro atoms. The molecule has 1 heterocycles. The number of β-lactam (4-membered cyclic amide) rings is 1. The molecule has 1 saturated heterocycles. The number of hydroxylamine groups is 2. The standard InChI is InChI=1S/C25H36N2O5Si2/c1-24(2,3)34(7,8)31-22-20(28)14-19(16-26)25(23(22)32-33(4,5)6)15-21(29)27(25)30-17-18-12-10-9-11-13-18/h9-14,22-23H,15,17H2,1-8H3. The molecule has 3 unspecified atom stereocenters. The van der Waals surface area contributed by atoms with Crippen molar-refractivity contribution in [3.05, 3.63) is 47.5 Å². The van der Waals surface area contributed by atoms with Gasteiger partial charge in [-0.1, -0.05) is 51.1 Å². The van der Waals surface area contributed by atoms with E-state index in [1.54, 1.807) is 0 Å². The van der Waals surface area contributed by atoms with Crippen LogP contribution in [0.4, 0.5) is 0 Å². The van der Waals surface area contributed by atoms with Crippen LogP contribution in [0.25, 0.3) is 0 Å². The summed E-state index contributed by atoms with van der Waals surface area (Å²) < 4.78 is 13.2. The Morgan fingerprint density at radius 3 is 2.21 bits per heavy atom. The highest BCUT2D eigenvalue weighted by atomic mass is 28.4. The molecule has 1 fully saturated rings.